The van der Waals surface area contributed by atoms with Crippen molar-refractivity contribution in [3.8, 4) is 5.75 Å². The quantitative estimate of drug-likeness (QED) is 0.852. The number of benzene rings is 2. The summed E-state index contributed by atoms with van der Waals surface area (Å²) in [7, 11) is 0. The van der Waals surface area contributed by atoms with Crippen molar-refractivity contribution >= 4 is 11.8 Å². The minimum atomic E-state index is -3.29. The molecule has 0 aromatic heterocycles. The molecule has 0 spiro atoms. The van der Waals surface area contributed by atoms with Crippen LogP contribution < -0.4 is 10.1 Å². The fourth-order valence-electron chi connectivity index (χ4n) is 2.16. The number of carbonyl (C=O) groups is 1. The van der Waals surface area contributed by atoms with Crippen LogP contribution in [0.15, 0.2) is 36.4 Å². The number of ether oxygens (including phenoxy) is 2. The summed E-state index contributed by atoms with van der Waals surface area (Å²) in [5.74, 6) is -0.172. The van der Waals surface area contributed by atoms with Crippen LogP contribution in [0.25, 0.3) is 0 Å². The molecule has 0 saturated heterocycles. The van der Waals surface area contributed by atoms with Gasteiger partial charge < -0.3 is 9.47 Å². The molecule has 0 fully saturated rings. The van der Waals surface area contributed by atoms with Crippen LogP contribution in [-0.2, 0) is 11.3 Å². The predicted octanol–water partition coefficient (Wildman–Crippen LogP) is 4.79. The highest BCUT2D eigenvalue weighted by Crippen LogP contribution is 2.24. The van der Waals surface area contributed by atoms with Crippen LogP contribution in [0.2, 0.25) is 0 Å². The van der Waals surface area contributed by atoms with Gasteiger partial charge in [-0.05, 0) is 31.5 Å². The molecule has 4 nitrogen and oxygen atoms in total. The van der Waals surface area contributed by atoms with Crippen LogP contribution >= 0.6 is 0 Å². The van der Waals surface area contributed by atoms with E-state index < -0.39 is 18.5 Å². The highest BCUT2D eigenvalue weighted by atomic mass is 19.3. The number of hydrogen-bond donors (Lipinski definition) is 1. The van der Waals surface area contributed by atoms with Crippen molar-refractivity contribution in [3.63, 3.8) is 0 Å². The minimum absolute atomic E-state index is 0.0496. The summed E-state index contributed by atoms with van der Waals surface area (Å²) in [6.07, 6.45) is -1.44. The molecule has 0 heterocycles. The van der Waals surface area contributed by atoms with Gasteiger partial charge in [0.25, 0.3) is 0 Å². The number of halogens is 3. The summed E-state index contributed by atoms with van der Waals surface area (Å²) in [4.78, 5) is 11.3. The van der Waals surface area contributed by atoms with Gasteiger partial charge in [0.2, 0.25) is 0 Å². The van der Waals surface area contributed by atoms with Crippen molar-refractivity contribution in [1.29, 1.82) is 0 Å². The van der Waals surface area contributed by atoms with Gasteiger partial charge in [0.1, 0.15) is 18.2 Å². The van der Waals surface area contributed by atoms with Crippen LogP contribution in [0.5, 0.6) is 5.75 Å². The minimum Gasteiger partial charge on any atom is -0.489 e. The van der Waals surface area contributed by atoms with Crippen molar-refractivity contribution in [2.24, 2.45) is 0 Å². The van der Waals surface area contributed by atoms with Crippen molar-refractivity contribution in [1.82, 2.24) is 0 Å². The molecule has 0 radical (unpaired) electrons. The van der Waals surface area contributed by atoms with Gasteiger partial charge in [-0.15, -0.1) is 0 Å². The molecule has 0 atom stereocenters. The zero-order chi connectivity index (χ0) is 17.7. The fourth-order valence-corrected chi connectivity index (χ4v) is 2.16. The molecule has 1 N–H and O–H groups in total. The van der Waals surface area contributed by atoms with E-state index in [9.17, 15) is 18.0 Å². The third-order valence-electron chi connectivity index (χ3n) is 3.24. The van der Waals surface area contributed by atoms with E-state index in [0.29, 0.717) is 11.3 Å². The van der Waals surface area contributed by atoms with Gasteiger partial charge in [-0.25, -0.2) is 9.18 Å². The van der Waals surface area contributed by atoms with Gasteiger partial charge in [-0.1, -0.05) is 29.8 Å². The molecule has 24 heavy (non-hydrogen) atoms. The first-order valence-electron chi connectivity index (χ1n) is 7.10. The normalized spacial score (nSPS) is 10.6. The molecule has 0 aliphatic rings. The molecular weight excluding hydrogens is 323 g/mol. The Kier molecular flexibility index (Phi) is 5.68. The molecule has 0 aliphatic heterocycles. The van der Waals surface area contributed by atoms with E-state index in [-0.39, 0.29) is 12.3 Å². The summed E-state index contributed by atoms with van der Waals surface area (Å²) in [6, 6.07) is 9.62. The monoisotopic (exact) mass is 339 g/mol. The Balaban J connectivity index is 2.15. The molecular formula is C17H16F3NO3. The average molecular weight is 339 g/mol. The second-order valence-corrected chi connectivity index (χ2v) is 5.12. The second kappa shape index (κ2) is 7.72. The molecule has 128 valence electrons. The summed E-state index contributed by atoms with van der Waals surface area (Å²) in [5.41, 5.74) is 2.01. The van der Waals surface area contributed by atoms with Crippen LogP contribution in [-0.4, -0.2) is 12.7 Å². The molecule has 1 amide bonds. The van der Waals surface area contributed by atoms with Crippen molar-refractivity contribution in [2.75, 3.05) is 5.32 Å². The summed E-state index contributed by atoms with van der Waals surface area (Å²) in [6.45, 7) is 0.477. The number of aryl methyl sites for hydroxylation is 2. The number of hydrogen-bond acceptors (Lipinski definition) is 3. The van der Waals surface area contributed by atoms with Gasteiger partial charge in [-0.2, -0.15) is 8.78 Å². The van der Waals surface area contributed by atoms with Gasteiger partial charge in [0.15, 0.2) is 0 Å². The molecule has 0 unspecified atom stereocenters. The Hall–Kier alpha value is -2.70. The predicted molar refractivity (Wildman–Crippen MR) is 82.8 cm³/mol. The Labute approximate surface area is 137 Å². The summed E-state index contributed by atoms with van der Waals surface area (Å²) >= 11 is 0. The lowest BCUT2D eigenvalue weighted by molar-refractivity contribution is -0.0767. The van der Waals surface area contributed by atoms with E-state index in [2.05, 4.69) is 4.74 Å². The number of carbonyl (C=O) groups excluding carboxylic acids is 1. The van der Waals surface area contributed by atoms with Crippen LogP contribution in [0, 0.1) is 19.7 Å². The van der Waals surface area contributed by atoms with Crippen LogP contribution in [0.3, 0.4) is 0 Å². The lowest BCUT2D eigenvalue weighted by Crippen LogP contribution is -2.19. The Morgan fingerprint density at radius 3 is 2.62 bits per heavy atom. The maximum absolute atomic E-state index is 13.9. The highest BCUT2D eigenvalue weighted by Gasteiger charge is 2.16. The molecule has 7 heteroatoms. The highest BCUT2D eigenvalue weighted by molar-refractivity contribution is 5.85. The smallest absolute Gasteiger partial charge is 0.416 e. The summed E-state index contributed by atoms with van der Waals surface area (Å²) in [5, 5.41) is 1.97. The Bertz CT molecular complexity index is 735. The number of alkyl halides is 2. The lowest BCUT2D eigenvalue weighted by atomic mass is 10.1. The van der Waals surface area contributed by atoms with E-state index in [0.717, 1.165) is 17.2 Å². The van der Waals surface area contributed by atoms with Crippen molar-refractivity contribution in [2.45, 2.75) is 27.1 Å². The topological polar surface area (TPSA) is 47.6 Å². The Morgan fingerprint density at radius 2 is 1.96 bits per heavy atom. The zero-order valence-electron chi connectivity index (χ0n) is 13.1. The standard InChI is InChI=1S/C17H16F3NO3/c1-10-6-7-14(11(2)8-10)23-9-12-4-3-5-13(18)15(12)21-17(22)24-16(19)20/h3-8,16H,9H2,1-2H3,(H,21,22). The van der Waals surface area contributed by atoms with Gasteiger partial charge >= 0.3 is 12.7 Å². The lowest BCUT2D eigenvalue weighted by Gasteiger charge is -2.14. The maximum atomic E-state index is 13.9. The van der Waals surface area contributed by atoms with Gasteiger partial charge in [-0.3, -0.25) is 5.32 Å². The van der Waals surface area contributed by atoms with Crippen molar-refractivity contribution in [3.05, 3.63) is 58.9 Å². The van der Waals surface area contributed by atoms with E-state index in [4.69, 9.17) is 4.74 Å². The third-order valence-corrected chi connectivity index (χ3v) is 3.24. The first-order valence-corrected chi connectivity index (χ1v) is 7.10. The van der Waals surface area contributed by atoms with Crippen LogP contribution in [0.1, 0.15) is 16.7 Å². The van der Waals surface area contributed by atoms with Crippen LogP contribution in [0.4, 0.5) is 23.7 Å². The zero-order valence-corrected chi connectivity index (χ0v) is 13.1. The van der Waals surface area contributed by atoms with Gasteiger partial charge in [0.05, 0.1) is 5.69 Å². The third kappa shape index (κ3) is 4.65. The van der Waals surface area contributed by atoms with E-state index >= 15 is 0 Å². The van der Waals surface area contributed by atoms with Gasteiger partial charge in [0, 0.05) is 5.56 Å². The van der Waals surface area contributed by atoms with E-state index in [1.54, 1.807) is 6.07 Å². The molecule has 0 aliphatic carbocycles. The number of para-hydroxylation sites is 1. The fraction of sp³-hybridized carbons (Fsp3) is 0.235. The number of amides is 1. The maximum Gasteiger partial charge on any atom is 0.416 e. The van der Waals surface area contributed by atoms with E-state index in [1.807, 2.05) is 31.3 Å². The first kappa shape index (κ1) is 17.7. The molecule has 2 rings (SSSR count). The molecule has 0 saturated carbocycles. The second-order valence-electron chi connectivity index (χ2n) is 5.12. The van der Waals surface area contributed by atoms with Crippen molar-refractivity contribution < 1.29 is 27.4 Å². The largest absolute Gasteiger partial charge is 0.489 e. The average Bonchev–Trinajstić information content (AvgIpc) is 2.48. The summed E-state index contributed by atoms with van der Waals surface area (Å²) < 4.78 is 47.3. The number of nitrogens with one attached hydrogen (secondary N) is 1. The molecule has 2 aromatic carbocycles. The number of rotatable bonds is 5. The first-order chi connectivity index (χ1) is 11.4. The SMILES string of the molecule is Cc1ccc(OCc2cccc(F)c2NC(=O)OC(F)F)c(C)c1. The van der Waals surface area contributed by atoms with E-state index in [1.165, 1.54) is 12.1 Å². The molecule has 2 aromatic rings. The molecule has 0 bridgehead atoms. The Morgan fingerprint density at radius 1 is 1.21 bits per heavy atom. The number of anilines is 1.